The molecule has 3 aromatic carbocycles. The van der Waals surface area contributed by atoms with Crippen molar-refractivity contribution < 1.29 is 37.5 Å². The van der Waals surface area contributed by atoms with Crippen molar-refractivity contribution in [2.45, 2.75) is 119 Å². The van der Waals surface area contributed by atoms with E-state index in [9.17, 15) is 28.4 Å². The minimum atomic E-state index is -4.63. The van der Waals surface area contributed by atoms with Gasteiger partial charge in [-0.3, -0.25) is 24.7 Å². The summed E-state index contributed by atoms with van der Waals surface area (Å²) in [7, 11) is -4.63. The third kappa shape index (κ3) is 11.0. The van der Waals surface area contributed by atoms with Crippen LogP contribution in [-0.4, -0.2) is 140 Å². The number of nitrogens with zero attached hydrogens (tertiary/aromatic N) is 6. The monoisotopic (exact) mass is 1060 g/mol. The number of anilines is 4. The topological polar surface area (TPSA) is 208 Å². The highest BCUT2D eigenvalue weighted by molar-refractivity contribution is 7.90. The van der Waals surface area contributed by atoms with Gasteiger partial charge in [-0.05, 0) is 136 Å². The lowest BCUT2D eigenvalue weighted by atomic mass is 9.80. The largest absolute Gasteiger partial charge is 0.468 e. The first kappa shape index (κ1) is 52.2. The number of benzene rings is 3. The molecule has 11 rings (SSSR count). The van der Waals surface area contributed by atoms with Crippen LogP contribution < -0.4 is 24.6 Å². The van der Waals surface area contributed by atoms with E-state index in [-0.39, 0.29) is 23.2 Å². The first-order chi connectivity index (χ1) is 36.7. The number of ether oxygens (including phenoxy) is 3. The Hall–Kier alpha value is -5.83. The third-order valence-corrected chi connectivity index (χ3v) is 18.6. The molecule has 4 N–H and O–H groups in total. The number of aromatic nitrogens is 2. The van der Waals surface area contributed by atoms with Gasteiger partial charge in [0.25, 0.3) is 21.6 Å². The molecule has 406 valence electrons. The second kappa shape index (κ2) is 21.9. The molecular weight excluding hydrogens is 987 g/mol. The zero-order chi connectivity index (χ0) is 52.7. The van der Waals surface area contributed by atoms with E-state index in [2.05, 4.69) is 72.7 Å². The number of aliphatic hydroxyl groups is 1. The molecule has 3 atom stereocenters. The van der Waals surface area contributed by atoms with Crippen LogP contribution in [-0.2, 0) is 19.5 Å². The molecular formula is C57H73N9O9S. The Balaban J connectivity index is 0.864. The maximum atomic E-state index is 14.8. The zero-order valence-corrected chi connectivity index (χ0v) is 44.8. The summed E-state index contributed by atoms with van der Waals surface area (Å²) in [5.41, 5.74) is 4.70. The van der Waals surface area contributed by atoms with E-state index >= 15 is 0 Å². The Kier molecular flexibility index (Phi) is 15.0. The summed E-state index contributed by atoms with van der Waals surface area (Å²) in [6, 6.07) is 22.7. The lowest BCUT2D eigenvalue weighted by molar-refractivity contribution is -0.384. The minimum Gasteiger partial charge on any atom is -0.468 e. The third-order valence-electron chi connectivity index (χ3n) is 17.2. The summed E-state index contributed by atoms with van der Waals surface area (Å²) in [5.74, 6) is 0.584. The van der Waals surface area contributed by atoms with Crippen LogP contribution in [0.15, 0.2) is 83.9 Å². The Bertz CT molecular complexity index is 3020. The lowest BCUT2D eigenvalue weighted by Crippen LogP contribution is -2.54. The Morgan fingerprint density at radius 1 is 0.908 bits per heavy atom. The fourth-order valence-corrected chi connectivity index (χ4v) is 13.8. The number of piperidine rings is 1. The quantitative estimate of drug-likeness (QED) is 0.0607. The molecule has 18 nitrogen and oxygen atoms in total. The van der Waals surface area contributed by atoms with Crippen LogP contribution in [0, 0.1) is 22.0 Å². The molecule has 0 spiro atoms. The number of aromatic amines is 1. The first-order valence-electron chi connectivity index (χ1n) is 27.6. The Labute approximate surface area is 445 Å². The van der Waals surface area contributed by atoms with Crippen molar-refractivity contribution in [3.05, 3.63) is 106 Å². The normalized spacial score (nSPS) is 25.2. The molecule has 2 aromatic heterocycles. The van der Waals surface area contributed by atoms with E-state index in [1.165, 1.54) is 23.3 Å². The standard InChI is InChI=1S/C57H73N9O9S/c1-37(2)44-6-4-5-7-45(44)52-35-63(41-17-27-73-28-18-41)25-26-64(52)34-39-15-23-62(24-16-39)42-8-10-46(49(31-42)65-48-19-29-74-36-53(48)75-56-51(65)30-40-14-22-58-54(40)60-56)55(67)61-76(71,72)43-9-11-47(50(32-43)66(69)70)59-33-38-12-20-57(3,68)21-13-38/h4-11,14,22,30-32,37-39,41,48,52-53,59,68H,12-13,15-21,23-29,33-36H2,1-3H3,(H,58,60)(H,61,67)/t38?,48-,52+,53-,57?/m0/s1. The van der Waals surface area contributed by atoms with Gasteiger partial charge in [0.2, 0.25) is 5.88 Å². The second-order valence-electron chi connectivity index (χ2n) is 22.6. The molecule has 7 heterocycles. The van der Waals surface area contributed by atoms with Gasteiger partial charge in [-0.1, -0.05) is 38.1 Å². The number of nitro groups is 1. The molecule has 0 radical (unpaired) electrons. The van der Waals surface area contributed by atoms with Gasteiger partial charge in [-0.2, -0.15) is 4.98 Å². The number of hydrogen-bond donors (Lipinski definition) is 4. The van der Waals surface area contributed by atoms with Crippen molar-refractivity contribution in [2.75, 3.05) is 87.4 Å². The number of H-pyrrole nitrogens is 1. The molecule has 5 aromatic rings. The number of fused-ring (bicyclic) bond motifs is 3. The van der Waals surface area contributed by atoms with Crippen LogP contribution in [0.1, 0.15) is 112 Å². The number of amides is 1. The number of nitro benzene ring substituents is 1. The highest BCUT2D eigenvalue weighted by Crippen LogP contribution is 2.46. The number of carbonyl (C=O) groups is 1. The second-order valence-corrected chi connectivity index (χ2v) is 24.3. The van der Waals surface area contributed by atoms with E-state index in [4.69, 9.17) is 19.2 Å². The molecule has 19 heteroatoms. The van der Waals surface area contributed by atoms with Crippen LogP contribution in [0.3, 0.4) is 0 Å². The lowest BCUT2D eigenvalue weighted by Gasteiger charge is -2.47. The van der Waals surface area contributed by atoms with E-state index in [1.807, 2.05) is 37.4 Å². The summed E-state index contributed by atoms with van der Waals surface area (Å²) >= 11 is 0. The van der Waals surface area contributed by atoms with Gasteiger partial charge in [0.1, 0.15) is 23.1 Å². The van der Waals surface area contributed by atoms with Crippen molar-refractivity contribution >= 4 is 55.4 Å². The average Bonchev–Trinajstić information content (AvgIpc) is 3.92. The Morgan fingerprint density at radius 3 is 2.46 bits per heavy atom. The van der Waals surface area contributed by atoms with Gasteiger partial charge >= 0.3 is 0 Å². The molecule has 76 heavy (non-hydrogen) atoms. The van der Waals surface area contributed by atoms with Crippen LogP contribution in [0.2, 0.25) is 0 Å². The molecule has 1 saturated carbocycles. The fraction of sp³-hybridized carbons (Fsp3) is 0.544. The number of sulfonamides is 1. The van der Waals surface area contributed by atoms with Gasteiger partial charge in [0, 0.05) is 101 Å². The smallest absolute Gasteiger partial charge is 0.293 e. The van der Waals surface area contributed by atoms with Crippen molar-refractivity contribution in [2.24, 2.45) is 11.8 Å². The van der Waals surface area contributed by atoms with Gasteiger partial charge in [-0.25, -0.2) is 13.1 Å². The first-order valence-corrected chi connectivity index (χ1v) is 29.0. The van der Waals surface area contributed by atoms with Crippen LogP contribution in [0.5, 0.6) is 5.88 Å². The van der Waals surface area contributed by atoms with Gasteiger partial charge in [0.05, 0.1) is 39.3 Å². The van der Waals surface area contributed by atoms with Crippen LogP contribution >= 0.6 is 0 Å². The average molecular weight is 1060 g/mol. The van der Waals surface area contributed by atoms with Crippen LogP contribution in [0.4, 0.5) is 28.4 Å². The fourth-order valence-electron chi connectivity index (χ4n) is 12.8. The van der Waals surface area contributed by atoms with E-state index in [1.54, 1.807) is 6.07 Å². The number of piperazine rings is 1. The summed E-state index contributed by atoms with van der Waals surface area (Å²) in [6.07, 6.45) is 8.87. The van der Waals surface area contributed by atoms with Gasteiger partial charge < -0.3 is 39.4 Å². The molecule has 4 saturated heterocycles. The van der Waals surface area contributed by atoms with Crippen molar-refractivity contribution in [3.63, 3.8) is 0 Å². The number of hydrogen-bond acceptors (Lipinski definition) is 15. The number of nitrogens with one attached hydrogen (secondary N) is 3. The Morgan fingerprint density at radius 2 is 1.68 bits per heavy atom. The summed E-state index contributed by atoms with van der Waals surface area (Å²) in [6.45, 7) is 15.0. The summed E-state index contributed by atoms with van der Waals surface area (Å²) in [5, 5.41) is 26.8. The van der Waals surface area contributed by atoms with Crippen LogP contribution in [0.25, 0.3) is 11.0 Å². The van der Waals surface area contributed by atoms with Gasteiger partial charge in [0.15, 0.2) is 0 Å². The SMILES string of the molecule is CC(C)c1ccccc1[C@H]1CN(C2CCOCC2)CCN1CC1CCN(c2ccc(C(=O)NS(=O)(=O)c3ccc(NCC4CCC(C)(O)CC4)c([N+](=O)[O-])c3)c(N3c4cc5cc[nH]c5nc4O[C@H]4COCC[C@@H]43)c2)CC1. The molecule has 0 unspecified atom stereocenters. The van der Waals surface area contributed by atoms with Crippen molar-refractivity contribution in [1.29, 1.82) is 0 Å². The molecule has 0 bridgehead atoms. The minimum absolute atomic E-state index is 0.112. The van der Waals surface area contributed by atoms with E-state index in [0.717, 1.165) is 108 Å². The predicted octanol–water partition coefficient (Wildman–Crippen LogP) is 8.51. The molecule has 5 fully saturated rings. The van der Waals surface area contributed by atoms with Crippen molar-refractivity contribution in [3.8, 4) is 5.88 Å². The summed E-state index contributed by atoms with van der Waals surface area (Å²) < 4.78 is 49.0. The number of rotatable bonds is 14. The maximum absolute atomic E-state index is 14.8. The molecule has 5 aliphatic heterocycles. The highest BCUT2D eigenvalue weighted by atomic mass is 32.2. The van der Waals surface area contributed by atoms with Gasteiger partial charge in [-0.15, -0.1) is 0 Å². The maximum Gasteiger partial charge on any atom is 0.293 e. The summed E-state index contributed by atoms with van der Waals surface area (Å²) in [4.78, 5) is 44.1. The van der Waals surface area contributed by atoms with E-state index in [0.29, 0.717) is 85.8 Å². The molecule has 1 amide bonds. The molecule has 1 aliphatic carbocycles. The molecule has 6 aliphatic rings. The zero-order valence-electron chi connectivity index (χ0n) is 44.0. The predicted molar refractivity (Wildman–Crippen MR) is 292 cm³/mol. The van der Waals surface area contributed by atoms with E-state index < -0.39 is 43.1 Å². The highest BCUT2D eigenvalue weighted by Gasteiger charge is 2.43. The number of carbonyl (C=O) groups excluding carboxylic acids is 1. The van der Waals surface area contributed by atoms with Crippen molar-refractivity contribution in [1.82, 2.24) is 24.5 Å². The number of pyridine rings is 1.